The molecular formula is C25H23NO6. The van der Waals surface area contributed by atoms with Crippen LogP contribution in [0.5, 0.6) is 5.75 Å². The molecule has 1 amide bonds. The maximum atomic E-state index is 12.6. The molecule has 32 heavy (non-hydrogen) atoms. The standard InChI is InChI=1S/C25H23NO6/c1-31-25(30)20-11-6-10-19(15-20)23(27)26-22(24(28)29)14-18-9-5-12-21(13-18)32-16-17-7-3-2-4-8-17/h2-13,15,22H,14,16H2,1H3,(H,26,27)(H,28,29)/t22-/m1/s1. The average Bonchev–Trinajstić information content (AvgIpc) is 2.82. The first-order chi connectivity index (χ1) is 15.5. The predicted octanol–water partition coefficient (Wildman–Crippen LogP) is 3.48. The van der Waals surface area contributed by atoms with Crippen LogP contribution in [0, 0.1) is 0 Å². The molecule has 0 heterocycles. The van der Waals surface area contributed by atoms with Crippen LogP contribution >= 0.6 is 0 Å². The quantitative estimate of drug-likeness (QED) is 0.501. The molecule has 0 aliphatic heterocycles. The fraction of sp³-hybridized carbons (Fsp3) is 0.160. The molecule has 3 aromatic carbocycles. The van der Waals surface area contributed by atoms with Crippen LogP contribution in [0.3, 0.4) is 0 Å². The van der Waals surface area contributed by atoms with Crippen LogP contribution < -0.4 is 10.1 Å². The van der Waals surface area contributed by atoms with Gasteiger partial charge in [-0.05, 0) is 41.5 Å². The first kappa shape index (κ1) is 22.6. The number of aliphatic carboxylic acids is 1. The Morgan fingerprint density at radius 3 is 2.28 bits per heavy atom. The van der Waals surface area contributed by atoms with E-state index in [1.165, 1.54) is 31.4 Å². The Morgan fingerprint density at radius 1 is 0.875 bits per heavy atom. The molecule has 0 unspecified atom stereocenters. The molecule has 7 heteroatoms. The molecule has 0 radical (unpaired) electrons. The molecule has 1 atom stereocenters. The number of amides is 1. The highest BCUT2D eigenvalue weighted by molar-refractivity contribution is 5.99. The molecule has 0 spiro atoms. The molecule has 7 nitrogen and oxygen atoms in total. The van der Waals surface area contributed by atoms with Crippen molar-refractivity contribution in [3.05, 3.63) is 101 Å². The van der Waals surface area contributed by atoms with Crippen LogP contribution in [0.1, 0.15) is 31.8 Å². The number of hydrogen-bond acceptors (Lipinski definition) is 5. The van der Waals surface area contributed by atoms with Crippen LogP contribution in [0.2, 0.25) is 0 Å². The maximum absolute atomic E-state index is 12.6. The fourth-order valence-electron chi connectivity index (χ4n) is 3.09. The van der Waals surface area contributed by atoms with Gasteiger partial charge in [0, 0.05) is 12.0 Å². The Kier molecular flexibility index (Phi) is 7.59. The molecule has 3 aromatic rings. The van der Waals surface area contributed by atoms with Gasteiger partial charge < -0.3 is 19.9 Å². The van der Waals surface area contributed by atoms with Crippen molar-refractivity contribution >= 4 is 17.8 Å². The Balaban J connectivity index is 1.67. The monoisotopic (exact) mass is 433 g/mol. The van der Waals surface area contributed by atoms with E-state index in [4.69, 9.17) is 4.74 Å². The molecule has 164 valence electrons. The number of carboxylic acid groups (broad SMARTS) is 1. The Hall–Kier alpha value is -4.13. The van der Waals surface area contributed by atoms with Crippen molar-refractivity contribution in [2.45, 2.75) is 19.1 Å². The van der Waals surface area contributed by atoms with Crippen molar-refractivity contribution in [1.82, 2.24) is 5.32 Å². The summed E-state index contributed by atoms with van der Waals surface area (Å²) < 4.78 is 10.4. The summed E-state index contributed by atoms with van der Waals surface area (Å²) in [6.45, 7) is 0.389. The summed E-state index contributed by atoms with van der Waals surface area (Å²) in [5.41, 5.74) is 2.09. The zero-order valence-electron chi connectivity index (χ0n) is 17.5. The molecule has 0 saturated heterocycles. The van der Waals surface area contributed by atoms with Crippen molar-refractivity contribution in [1.29, 1.82) is 0 Å². The van der Waals surface area contributed by atoms with Crippen LogP contribution in [-0.4, -0.2) is 36.1 Å². The summed E-state index contributed by atoms with van der Waals surface area (Å²) in [4.78, 5) is 36.0. The molecular weight excluding hydrogens is 410 g/mol. The molecule has 3 rings (SSSR count). The first-order valence-corrected chi connectivity index (χ1v) is 9.94. The lowest BCUT2D eigenvalue weighted by atomic mass is 10.0. The van der Waals surface area contributed by atoms with E-state index in [1.54, 1.807) is 24.3 Å². The number of nitrogens with one attached hydrogen (secondary N) is 1. The lowest BCUT2D eigenvalue weighted by molar-refractivity contribution is -0.139. The number of ether oxygens (including phenoxy) is 2. The molecule has 0 fully saturated rings. The number of carbonyl (C=O) groups excluding carboxylic acids is 2. The second-order valence-corrected chi connectivity index (χ2v) is 7.06. The van der Waals surface area contributed by atoms with Gasteiger partial charge in [-0.3, -0.25) is 4.79 Å². The third kappa shape index (κ3) is 6.18. The number of rotatable bonds is 9. The van der Waals surface area contributed by atoms with Crippen molar-refractivity contribution in [3.8, 4) is 5.75 Å². The van der Waals surface area contributed by atoms with Crippen LogP contribution in [0.25, 0.3) is 0 Å². The third-order valence-corrected chi connectivity index (χ3v) is 4.74. The third-order valence-electron chi connectivity index (χ3n) is 4.74. The van der Waals surface area contributed by atoms with Gasteiger partial charge in [-0.1, -0.05) is 48.5 Å². The number of carboxylic acids is 1. The van der Waals surface area contributed by atoms with Gasteiger partial charge in [0.25, 0.3) is 5.91 Å². The van der Waals surface area contributed by atoms with E-state index in [9.17, 15) is 19.5 Å². The summed E-state index contributed by atoms with van der Waals surface area (Å²) in [7, 11) is 1.24. The van der Waals surface area contributed by atoms with E-state index < -0.39 is 23.9 Å². The Bertz CT molecular complexity index is 1100. The summed E-state index contributed by atoms with van der Waals surface area (Å²) in [6, 6.07) is 21.5. The van der Waals surface area contributed by atoms with E-state index in [-0.39, 0.29) is 17.5 Å². The number of benzene rings is 3. The lowest BCUT2D eigenvalue weighted by Gasteiger charge is -2.16. The van der Waals surface area contributed by atoms with Gasteiger partial charge in [0.05, 0.1) is 12.7 Å². The van der Waals surface area contributed by atoms with Gasteiger partial charge in [0.1, 0.15) is 18.4 Å². The molecule has 0 aromatic heterocycles. The maximum Gasteiger partial charge on any atom is 0.337 e. The first-order valence-electron chi connectivity index (χ1n) is 9.94. The fourth-order valence-corrected chi connectivity index (χ4v) is 3.09. The predicted molar refractivity (Wildman–Crippen MR) is 118 cm³/mol. The number of carbonyl (C=O) groups is 3. The highest BCUT2D eigenvalue weighted by Crippen LogP contribution is 2.17. The summed E-state index contributed by atoms with van der Waals surface area (Å²) in [5, 5.41) is 12.1. The van der Waals surface area contributed by atoms with Crippen LogP contribution in [-0.2, 0) is 22.6 Å². The normalized spacial score (nSPS) is 11.3. The number of esters is 1. The van der Waals surface area contributed by atoms with E-state index in [2.05, 4.69) is 10.1 Å². The van der Waals surface area contributed by atoms with E-state index in [0.29, 0.717) is 17.9 Å². The average molecular weight is 433 g/mol. The van der Waals surface area contributed by atoms with E-state index in [0.717, 1.165) is 5.56 Å². The minimum atomic E-state index is -1.17. The zero-order chi connectivity index (χ0) is 22.9. The number of hydrogen-bond donors (Lipinski definition) is 2. The lowest BCUT2D eigenvalue weighted by Crippen LogP contribution is -2.42. The van der Waals surface area contributed by atoms with Gasteiger partial charge in [-0.2, -0.15) is 0 Å². The molecule has 0 saturated carbocycles. The second kappa shape index (κ2) is 10.8. The van der Waals surface area contributed by atoms with Gasteiger partial charge in [-0.15, -0.1) is 0 Å². The largest absolute Gasteiger partial charge is 0.489 e. The van der Waals surface area contributed by atoms with Crippen molar-refractivity contribution < 1.29 is 29.0 Å². The molecule has 0 aliphatic carbocycles. The Morgan fingerprint density at radius 2 is 1.56 bits per heavy atom. The van der Waals surface area contributed by atoms with Crippen molar-refractivity contribution in [3.63, 3.8) is 0 Å². The second-order valence-electron chi connectivity index (χ2n) is 7.06. The van der Waals surface area contributed by atoms with Gasteiger partial charge in [0.2, 0.25) is 0 Å². The van der Waals surface area contributed by atoms with Gasteiger partial charge >= 0.3 is 11.9 Å². The molecule has 0 aliphatic rings. The minimum absolute atomic E-state index is 0.0697. The topological polar surface area (TPSA) is 102 Å². The Labute approximate surface area is 185 Å². The summed E-state index contributed by atoms with van der Waals surface area (Å²) >= 11 is 0. The molecule has 0 bridgehead atoms. The van der Waals surface area contributed by atoms with Crippen LogP contribution in [0.4, 0.5) is 0 Å². The summed E-state index contributed by atoms with van der Waals surface area (Å²) in [6.07, 6.45) is 0.0697. The van der Waals surface area contributed by atoms with E-state index >= 15 is 0 Å². The highest BCUT2D eigenvalue weighted by Gasteiger charge is 2.22. The van der Waals surface area contributed by atoms with Crippen molar-refractivity contribution in [2.24, 2.45) is 0 Å². The smallest absolute Gasteiger partial charge is 0.337 e. The summed E-state index contributed by atoms with van der Waals surface area (Å²) in [5.74, 6) is -1.74. The van der Waals surface area contributed by atoms with Gasteiger partial charge in [0.15, 0.2) is 0 Å². The van der Waals surface area contributed by atoms with Crippen LogP contribution in [0.15, 0.2) is 78.9 Å². The number of methoxy groups -OCH3 is 1. The highest BCUT2D eigenvalue weighted by atomic mass is 16.5. The van der Waals surface area contributed by atoms with Crippen molar-refractivity contribution in [2.75, 3.05) is 7.11 Å². The zero-order valence-corrected chi connectivity index (χ0v) is 17.5. The van der Waals surface area contributed by atoms with Gasteiger partial charge in [-0.25, -0.2) is 9.59 Å². The minimum Gasteiger partial charge on any atom is -0.489 e. The SMILES string of the molecule is COC(=O)c1cccc(C(=O)N[C@H](Cc2cccc(OCc3ccccc3)c2)C(=O)O)c1. The molecule has 2 N–H and O–H groups in total. The van der Waals surface area contributed by atoms with E-state index in [1.807, 2.05) is 30.3 Å².